The van der Waals surface area contributed by atoms with Gasteiger partial charge in [-0.25, -0.2) is 4.58 Å². The van der Waals surface area contributed by atoms with E-state index in [0.717, 1.165) is 24.5 Å². The van der Waals surface area contributed by atoms with Crippen molar-refractivity contribution in [3.05, 3.63) is 35.4 Å². The van der Waals surface area contributed by atoms with Crippen LogP contribution in [-0.4, -0.2) is 48.8 Å². The van der Waals surface area contributed by atoms with Crippen molar-refractivity contribution in [2.24, 2.45) is 0 Å². The third kappa shape index (κ3) is 2.02. The first-order valence-electron chi connectivity index (χ1n) is 7.45. The summed E-state index contributed by atoms with van der Waals surface area (Å²) in [4.78, 5) is 0. The van der Waals surface area contributed by atoms with E-state index in [9.17, 15) is 5.11 Å². The standard InChI is InChI=1S/C17H20NO3.BrH/c1-18-8-7-17-6-5-12(19)9-14(17)21-16-13(20-2)4-3-11(10-18)15(16)17;/h3-6,10,12,14,19H,7-9H2,1-2H3;1H/q+1;/p-1/t12-,14?,17-;/m0./s1. The molecule has 2 heterocycles. The fourth-order valence-corrected chi connectivity index (χ4v) is 3.92. The van der Waals surface area contributed by atoms with Gasteiger partial charge in [-0.1, -0.05) is 12.2 Å². The van der Waals surface area contributed by atoms with Crippen LogP contribution in [0.3, 0.4) is 0 Å². The maximum absolute atomic E-state index is 9.97. The highest BCUT2D eigenvalue weighted by Crippen LogP contribution is 2.54. The summed E-state index contributed by atoms with van der Waals surface area (Å²) in [6.07, 6.45) is 7.45. The van der Waals surface area contributed by atoms with Crippen LogP contribution in [0.2, 0.25) is 0 Å². The highest BCUT2D eigenvalue weighted by Gasteiger charge is 2.53. The molecule has 1 aliphatic carbocycles. The second kappa shape index (κ2) is 5.39. The molecule has 4 rings (SSSR count). The van der Waals surface area contributed by atoms with Gasteiger partial charge in [0.05, 0.1) is 18.6 Å². The number of aliphatic hydroxyl groups excluding tert-OH is 1. The van der Waals surface area contributed by atoms with Crippen molar-refractivity contribution in [1.82, 2.24) is 0 Å². The van der Waals surface area contributed by atoms with Gasteiger partial charge in [0.1, 0.15) is 19.7 Å². The average Bonchev–Trinajstić information content (AvgIpc) is 2.72. The molecule has 4 nitrogen and oxygen atoms in total. The lowest BCUT2D eigenvalue weighted by Crippen LogP contribution is -3.00. The number of aliphatic hydroxyl groups is 1. The normalized spacial score (nSPS) is 31.1. The Balaban J connectivity index is 0.00000144. The largest absolute Gasteiger partial charge is 1.00 e. The Bertz CT molecular complexity index is 670. The zero-order valence-electron chi connectivity index (χ0n) is 12.8. The van der Waals surface area contributed by atoms with E-state index in [-0.39, 0.29) is 28.5 Å². The van der Waals surface area contributed by atoms with E-state index in [4.69, 9.17) is 9.47 Å². The first-order chi connectivity index (χ1) is 10.1. The molecule has 0 aromatic heterocycles. The van der Waals surface area contributed by atoms with Gasteiger partial charge in [-0.2, -0.15) is 0 Å². The van der Waals surface area contributed by atoms with Crippen molar-refractivity contribution in [1.29, 1.82) is 0 Å². The Morgan fingerprint density at radius 3 is 3.00 bits per heavy atom. The highest BCUT2D eigenvalue weighted by atomic mass is 79.9. The molecule has 0 amide bonds. The number of ether oxygens (including phenoxy) is 2. The lowest BCUT2D eigenvalue weighted by molar-refractivity contribution is -0.493. The summed E-state index contributed by atoms with van der Waals surface area (Å²) >= 11 is 0. The van der Waals surface area contributed by atoms with Crippen molar-refractivity contribution >= 4 is 6.21 Å². The molecule has 118 valence electrons. The smallest absolute Gasteiger partial charge is 0.170 e. The third-order valence-electron chi connectivity index (χ3n) is 4.98. The monoisotopic (exact) mass is 365 g/mol. The molecule has 0 saturated carbocycles. The van der Waals surface area contributed by atoms with Crippen LogP contribution in [0.25, 0.3) is 0 Å². The van der Waals surface area contributed by atoms with E-state index in [2.05, 4.69) is 30.0 Å². The Hall–Kier alpha value is -1.33. The molecule has 0 radical (unpaired) electrons. The third-order valence-corrected chi connectivity index (χ3v) is 4.98. The highest BCUT2D eigenvalue weighted by molar-refractivity contribution is 5.83. The number of hydrogen-bond donors (Lipinski definition) is 1. The quantitative estimate of drug-likeness (QED) is 0.485. The molecule has 0 bridgehead atoms. The molecule has 5 heteroatoms. The molecule has 2 aliphatic heterocycles. The summed E-state index contributed by atoms with van der Waals surface area (Å²) in [6, 6.07) is 4.07. The second-order valence-corrected chi connectivity index (χ2v) is 6.23. The molecular weight excluding hydrogens is 346 g/mol. The number of halogens is 1. The zero-order valence-corrected chi connectivity index (χ0v) is 14.3. The molecule has 3 atom stereocenters. The van der Waals surface area contributed by atoms with Crippen LogP contribution < -0.4 is 26.5 Å². The van der Waals surface area contributed by atoms with Gasteiger partial charge in [0, 0.05) is 24.0 Å². The molecular formula is C17H20BrNO3. The maximum Gasteiger partial charge on any atom is 0.170 e. The van der Waals surface area contributed by atoms with Crippen LogP contribution >= 0.6 is 0 Å². The van der Waals surface area contributed by atoms with Crippen LogP contribution in [-0.2, 0) is 5.41 Å². The molecule has 0 saturated heterocycles. The van der Waals surface area contributed by atoms with Gasteiger partial charge in [-0.3, -0.25) is 0 Å². The number of rotatable bonds is 1. The molecule has 1 unspecified atom stereocenters. The van der Waals surface area contributed by atoms with E-state index in [1.54, 1.807) is 7.11 Å². The summed E-state index contributed by atoms with van der Waals surface area (Å²) < 4.78 is 13.9. The van der Waals surface area contributed by atoms with E-state index in [0.29, 0.717) is 6.42 Å². The number of nitrogens with zero attached hydrogens (tertiary/aromatic N) is 1. The summed E-state index contributed by atoms with van der Waals surface area (Å²) in [6.45, 7) is 0.969. The summed E-state index contributed by atoms with van der Waals surface area (Å²) in [5, 5.41) is 9.97. The van der Waals surface area contributed by atoms with Gasteiger partial charge < -0.3 is 31.6 Å². The van der Waals surface area contributed by atoms with Crippen molar-refractivity contribution in [3.8, 4) is 11.5 Å². The summed E-state index contributed by atoms with van der Waals surface area (Å²) in [5.41, 5.74) is 2.27. The minimum Gasteiger partial charge on any atom is -1.00 e. The first-order valence-corrected chi connectivity index (χ1v) is 7.45. The molecule has 22 heavy (non-hydrogen) atoms. The molecule has 1 spiro atoms. The lowest BCUT2D eigenvalue weighted by Gasteiger charge is -2.34. The minimum atomic E-state index is -0.422. The van der Waals surface area contributed by atoms with E-state index < -0.39 is 6.10 Å². The summed E-state index contributed by atoms with van der Waals surface area (Å²) in [5.74, 6) is 1.63. The number of benzene rings is 1. The fourth-order valence-electron chi connectivity index (χ4n) is 3.92. The zero-order chi connectivity index (χ0) is 14.6. The van der Waals surface area contributed by atoms with Gasteiger partial charge in [0.25, 0.3) is 0 Å². The number of methoxy groups -OCH3 is 1. The maximum atomic E-state index is 9.97. The SMILES string of the molecule is COc1ccc2c3c1OC1C[C@@H](O)C=C[C@@]31CC[N+](C)=C2.[Br-]. The van der Waals surface area contributed by atoms with Gasteiger partial charge in [0.15, 0.2) is 17.7 Å². The fraction of sp³-hybridized carbons (Fsp3) is 0.471. The van der Waals surface area contributed by atoms with Gasteiger partial charge in [-0.05, 0) is 12.1 Å². The first kappa shape index (κ1) is 15.6. The molecule has 0 fully saturated rings. The number of hydrogen-bond acceptors (Lipinski definition) is 3. The second-order valence-electron chi connectivity index (χ2n) is 6.23. The van der Waals surface area contributed by atoms with Crippen LogP contribution in [0.15, 0.2) is 24.3 Å². The Morgan fingerprint density at radius 2 is 2.23 bits per heavy atom. The van der Waals surface area contributed by atoms with E-state index in [1.807, 2.05) is 12.1 Å². The van der Waals surface area contributed by atoms with Crippen LogP contribution in [0.5, 0.6) is 11.5 Å². The lowest BCUT2D eigenvalue weighted by atomic mass is 9.69. The Kier molecular flexibility index (Phi) is 3.81. The molecule has 1 N–H and O–H groups in total. The predicted molar refractivity (Wildman–Crippen MR) is 79.7 cm³/mol. The average molecular weight is 366 g/mol. The van der Waals surface area contributed by atoms with Crippen molar-refractivity contribution < 1.29 is 36.1 Å². The van der Waals surface area contributed by atoms with Gasteiger partial charge in [-0.15, -0.1) is 0 Å². The van der Waals surface area contributed by atoms with Gasteiger partial charge in [0.2, 0.25) is 0 Å². The minimum absolute atomic E-state index is 0. The van der Waals surface area contributed by atoms with Crippen molar-refractivity contribution in [2.75, 3.05) is 20.7 Å². The van der Waals surface area contributed by atoms with E-state index in [1.165, 1.54) is 11.1 Å². The van der Waals surface area contributed by atoms with Crippen molar-refractivity contribution in [3.63, 3.8) is 0 Å². The van der Waals surface area contributed by atoms with Crippen LogP contribution in [0, 0.1) is 0 Å². The van der Waals surface area contributed by atoms with Crippen LogP contribution in [0.1, 0.15) is 24.0 Å². The Labute approximate surface area is 140 Å². The molecule has 1 aromatic carbocycles. The molecule has 1 aromatic rings. The summed E-state index contributed by atoms with van der Waals surface area (Å²) in [7, 11) is 3.78. The molecule has 3 aliphatic rings. The van der Waals surface area contributed by atoms with Crippen molar-refractivity contribution in [2.45, 2.75) is 30.5 Å². The van der Waals surface area contributed by atoms with Crippen LogP contribution in [0.4, 0.5) is 0 Å². The van der Waals surface area contributed by atoms with E-state index >= 15 is 0 Å². The Morgan fingerprint density at radius 1 is 1.41 bits per heavy atom. The predicted octanol–water partition coefficient (Wildman–Crippen LogP) is -1.52. The topological polar surface area (TPSA) is 41.7 Å². The van der Waals surface area contributed by atoms with Gasteiger partial charge >= 0.3 is 0 Å².